The SMILES string of the molecule is CC(=O)O[C@@H]1[C@@H](O)[C@](C)(O)CC[C@]1(O)[C@](C)(O)CCC=C(C)C. The van der Waals surface area contributed by atoms with Crippen molar-refractivity contribution >= 4 is 5.97 Å². The van der Waals surface area contributed by atoms with E-state index in [4.69, 9.17) is 4.74 Å². The summed E-state index contributed by atoms with van der Waals surface area (Å²) >= 11 is 0. The summed E-state index contributed by atoms with van der Waals surface area (Å²) in [5.74, 6) is -0.690. The second kappa shape index (κ2) is 6.89. The summed E-state index contributed by atoms with van der Waals surface area (Å²) in [4.78, 5) is 11.4. The molecule has 0 aromatic rings. The first-order chi connectivity index (χ1) is 10.3. The monoisotopic (exact) mass is 330 g/mol. The molecule has 0 heterocycles. The van der Waals surface area contributed by atoms with Gasteiger partial charge >= 0.3 is 5.97 Å². The summed E-state index contributed by atoms with van der Waals surface area (Å²) < 4.78 is 5.09. The van der Waals surface area contributed by atoms with Crippen LogP contribution in [-0.2, 0) is 9.53 Å². The Labute approximate surface area is 137 Å². The summed E-state index contributed by atoms with van der Waals surface area (Å²) in [5, 5.41) is 42.5. The highest BCUT2D eigenvalue weighted by Crippen LogP contribution is 2.44. The van der Waals surface area contributed by atoms with Crippen molar-refractivity contribution in [3.63, 3.8) is 0 Å². The Balaban J connectivity index is 3.11. The molecule has 1 saturated carbocycles. The molecule has 0 aliphatic heterocycles. The van der Waals surface area contributed by atoms with E-state index in [-0.39, 0.29) is 19.3 Å². The van der Waals surface area contributed by atoms with Gasteiger partial charge in [0.1, 0.15) is 11.7 Å². The average Bonchev–Trinajstić information content (AvgIpc) is 2.39. The molecule has 4 N–H and O–H groups in total. The predicted molar refractivity (Wildman–Crippen MR) is 85.7 cm³/mol. The minimum Gasteiger partial charge on any atom is -0.456 e. The number of aliphatic hydroxyl groups excluding tert-OH is 1. The summed E-state index contributed by atoms with van der Waals surface area (Å²) in [5.41, 5.74) is -3.83. The molecule has 1 fully saturated rings. The Bertz CT molecular complexity index is 464. The first-order valence-corrected chi connectivity index (χ1v) is 7.99. The fourth-order valence-electron chi connectivity index (χ4n) is 3.10. The minimum absolute atomic E-state index is 0.0107. The molecule has 6 heteroatoms. The number of carbonyl (C=O) groups excluding carboxylic acids is 1. The van der Waals surface area contributed by atoms with Crippen LogP contribution in [0.1, 0.15) is 60.3 Å². The van der Waals surface area contributed by atoms with Gasteiger partial charge in [0, 0.05) is 6.92 Å². The maximum atomic E-state index is 11.4. The van der Waals surface area contributed by atoms with Crippen LogP contribution in [0, 0.1) is 0 Å². The molecule has 0 radical (unpaired) electrons. The Morgan fingerprint density at radius 2 is 1.87 bits per heavy atom. The fraction of sp³-hybridized carbons (Fsp3) is 0.824. The summed E-state index contributed by atoms with van der Waals surface area (Å²) in [6, 6.07) is 0. The fourth-order valence-corrected chi connectivity index (χ4v) is 3.10. The molecule has 1 rings (SSSR count). The van der Waals surface area contributed by atoms with Gasteiger partial charge in [-0.05, 0) is 53.4 Å². The average molecular weight is 330 g/mol. The highest BCUT2D eigenvalue weighted by atomic mass is 16.6. The van der Waals surface area contributed by atoms with Crippen molar-refractivity contribution in [2.45, 2.75) is 89.3 Å². The van der Waals surface area contributed by atoms with Gasteiger partial charge in [0.15, 0.2) is 6.10 Å². The van der Waals surface area contributed by atoms with Gasteiger partial charge < -0.3 is 25.2 Å². The first kappa shape index (κ1) is 20.1. The van der Waals surface area contributed by atoms with Gasteiger partial charge in [0.2, 0.25) is 0 Å². The Kier molecular flexibility index (Phi) is 6.02. The van der Waals surface area contributed by atoms with E-state index >= 15 is 0 Å². The molecule has 0 aromatic heterocycles. The molecule has 0 bridgehead atoms. The van der Waals surface area contributed by atoms with Crippen LogP contribution >= 0.6 is 0 Å². The Morgan fingerprint density at radius 3 is 2.35 bits per heavy atom. The predicted octanol–water partition coefficient (Wildman–Crippen LogP) is 1.05. The summed E-state index contributed by atoms with van der Waals surface area (Å²) in [6.45, 7) is 7.92. The van der Waals surface area contributed by atoms with Crippen LogP contribution in [0.25, 0.3) is 0 Å². The van der Waals surface area contributed by atoms with E-state index in [0.29, 0.717) is 6.42 Å². The van der Waals surface area contributed by atoms with Crippen molar-refractivity contribution in [3.8, 4) is 0 Å². The first-order valence-electron chi connectivity index (χ1n) is 7.99. The number of hydrogen-bond donors (Lipinski definition) is 4. The van der Waals surface area contributed by atoms with Gasteiger partial charge in [-0.2, -0.15) is 0 Å². The van der Waals surface area contributed by atoms with E-state index in [1.54, 1.807) is 0 Å². The van der Waals surface area contributed by atoms with Crippen LogP contribution in [0.5, 0.6) is 0 Å². The maximum absolute atomic E-state index is 11.4. The summed E-state index contributed by atoms with van der Waals surface area (Å²) in [6.07, 6.45) is -0.0739. The van der Waals surface area contributed by atoms with Crippen LogP contribution in [0.2, 0.25) is 0 Å². The zero-order valence-electron chi connectivity index (χ0n) is 14.7. The second-order valence-corrected chi connectivity index (χ2v) is 7.35. The number of aliphatic hydroxyl groups is 4. The number of hydrogen-bond acceptors (Lipinski definition) is 6. The third-order valence-electron chi connectivity index (χ3n) is 4.82. The number of carbonyl (C=O) groups is 1. The number of ether oxygens (including phenoxy) is 1. The molecule has 23 heavy (non-hydrogen) atoms. The standard InChI is InChI=1S/C17H30O6/c1-11(2)7-6-8-16(5,21)17(22)10-9-15(4,20)13(19)14(17)23-12(3)18/h7,13-14,19-22H,6,8-10H2,1-5H3/t13-,14-,15-,16-,17-/m1/s1. The lowest BCUT2D eigenvalue weighted by molar-refractivity contribution is -0.275. The van der Waals surface area contributed by atoms with Crippen LogP contribution < -0.4 is 0 Å². The van der Waals surface area contributed by atoms with E-state index in [2.05, 4.69) is 0 Å². The topological polar surface area (TPSA) is 107 Å². The molecule has 6 nitrogen and oxygen atoms in total. The third kappa shape index (κ3) is 4.32. The van der Waals surface area contributed by atoms with Gasteiger partial charge in [0.05, 0.1) is 11.2 Å². The van der Waals surface area contributed by atoms with E-state index in [1.807, 2.05) is 19.9 Å². The normalized spacial score (nSPS) is 36.9. The van der Waals surface area contributed by atoms with Gasteiger partial charge in [-0.1, -0.05) is 11.6 Å². The van der Waals surface area contributed by atoms with Crippen LogP contribution in [-0.4, -0.2) is 55.4 Å². The Hall–Kier alpha value is -0.950. The van der Waals surface area contributed by atoms with E-state index in [9.17, 15) is 25.2 Å². The number of esters is 1. The Morgan fingerprint density at radius 1 is 1.30 bits per heavy atom. The van der Waals surface area contributed by atoms with Gasteiger partial charge in [-0.3, -0.25) is 4.79 Å². The molecule has 0 unspecified atom stereocenters. The highest BCUT2D eigenvalue weighted by molar-refractivity contribution is 5.66. The zero-order chi connectivity index (χ0) is 18.1. The van der Waals surface area contributed by atoms with Crippen molar-refractivity contribution in [1.29, 1.82) is 0 Å². The third-order valence-corrected chi connectivity index (χ3v) is 4.82. The van der Waals surface area contributed by atoms with Crippen molar-refractivity contribution in [2.24, 2.45) is 0 Å². The van der Waals surface area contributed by atoms with Gasteiger partial charge in [-0.25, -0.2) is 0 Å². The molecule has 1 aliphatic carbocycles. The van der Waals surface area contributed by atoms with Crippen molar-refractivity contribution in [1.82, 2.24) is 0 Å². The molecular formula is C17H30O6. The van der Waals surface area contributed by atoms with Crippen LogP contribution in [0.15, 0.2) is 11.6 Å². The van der Waals surface area contributed by atoms with Gasteiger partial charge in [-0.15, -0.1) is 0 Å². The minimum atomic E-state index is -1.84. The molecule has 134 valence electrons. The lowest BCUT2D eigenvalue weighted by Crippen LogP contribution is -2.70. The molecule has 0 aromatic carbocycles. The maximum Gasteiger partial charge on any atom is 0.303 e. The van der Waals surface area contributed by atoms with Crippen molar-refractivity contribution in [3.05, 3.63) is 11.6 Å². The van der Waals surface area contributed by atoms with Crippen LogP contribution in [0.4, 0.5) is 0 Å². The quantitative estimate of drug-likeness (QED) is 0.443. The number of allylic oxidation sites excluding steroid dienone is 2. The van der Waals surface area contributed by atoms with Crippen molar-refractivity contribution in [2.75, 3.05) is 0 Å². The molecular weight excluding hydrogens is 300 g/mol. The molecule has 1 aliphatic rings. The molecule has 0 spiro atoms. The van der Waals surface area contributed by atoms with Gasteiger partial charge in [0.25, 0.3) is 0 Å². The lowest BCUT2D eigenvalue weighted by atomic mass is 9.64. The highest BCUT2D eigenvalue weighted by Gasteiger charge is 2.61. The largest absolute Gasteiger partial charge is 0.456 e. The zero-order valence-corrected chi connectivity index (χ0v) is 14.7. The van der Waals surface area contributed by atoms with E-state index < -0.39 is 35.0 Å². The van der Waals surface area contributed by atoms with Crippen LogP contribution in [0.3, 0.4) is 0 Å². The second-order valence-electron chi connectivity index (χ2n) is 7.35. The van der Waals surface area contributed by atoms with E-state index in [1.165, 1.54) is 13.8 Å². The number of rotatable bonds is 5. The lowest BCUT2D eigenvalue weighted by Gasteiger charge is -2.53. The molecule has 0 saturated heterocycles. The molecule has 0 amide bonds. The molecule has 5 atom stereocenters. The smallest absolute Gasteiger partial charge is 0.303 e. The van der Waals surface area contributed by atoms with Crippen molar-refractivity contribution < 1.29 is 30.0 Å². The summed E-state index contributed by atoms with van der Waals surface area (Å²) in [7, 11) is 0. The van der Waals surface area contributed by atoms with E-state index in [0.717, 1.165) is 12.5 Å².